The Morgan fingerprint density at radius 1 is 0.767 bits per heavy atom. The van der Waals surface area contributed by atoms with E-state index in [-0.39, 0.29) is 12.2 Å². The Bertz CT molecular complexity index is 1140. The molecule has 5 heteroatoms. The molecule has 0 unspecified atom stereocenters. The largest absolute Gasteiger partial charge is 0.491 e. The van der Waals surface area contributed by atoms with Crippen molar-refractivity contribution >= 4 is 11.0 Å². The van der Waals surface area contributed by atoms with Gasteiger partial charge in [-0.15, -0.1) is 5.10 Å². The molecular formula is C25H27N3O2. The maximum atomic E-state index is 5.77. The number of rotatable bonds is 6. The van der Waals surface area contributed by atoms with Crippen LogP contribution in [0, 0.1) is 6.92 Å². The predicted octanol–water partition coefficient (Wildman–Crippen LogP) is 5.97. The molecule has 154 valence electrons. The highest BCUT2D eigenvalue weighted by atomic mass is 16.5. The summed E-state index contributed by atoms with van der Waals surface area (Å²) in [5.74, 6) is 1.72. The lowest BCUT2D eigenvalue weighted by atomic mass is 9.99. The molecule has 0 fully saturated rings. The van der Waals surface area contributed by atoms with Crippen LogP contribution >= 0.6 is 0 Å². The van der Waals surface area contributed by atoms with Gasteiger partial charge < -0.3 is 9.47 Å². The van der Waals surface area contributed by atoms with Gasteiger partial charge in [-0.05, 0) is 99.8 Å². The summed E-state index contributed by atoms with van der Waals surface area (Å²) < 4.78 is 13.4. The van der Waals surface area contributed by atoms with Gasteiger partial charge in [-0.3, -0.25) is 0 Å². The van der Waals surface area contributed by atoms with Crippen molar-refractivity contribution in [2.24, 2.45) is 0 Å². The molecule has 0 atom stereocenters. The number of hydrogen-bond acceptors (Lipinski definition) is 4. The van der Waals surface area contributed by atoms with Gasteiger partial charge in [-0.1, -0.05) is 17.3 Å². The Hall–Kier alpha value is -3.34. The summed E-state index contributed by atoms with van der Waals surface area (Å²) in [6, 6.07) is 20.4. The Morgan fingerprint density at radius 3 is 1.90 bits per heavy atom. The average Bonchev–Trinajstić information content (AvgIpc) is 3.10. The standard InChI is InChI=1S/C25H27N3O2/c1-16(2)29-21-10-6-19(7-11-21)23-15-25-24(14-18(23)5)26-27-28(25)20-8-12-22(13-9-20)30-17(3)4/h6-17H,1-5H3. The molecule has 0 radical (unpaired) electrons. The minimum atomic E-state index is 0.144. The van der Waals surface area contributed by atoms with Gasteiger partial charge in [0.2, 0.25) is 0 Å². The van der Waals surface area contributed by atoms with E-state index in [0.29, 0.717) is 0 Å². The zero-order chi connectivity index (χ0) is 21.3. The molecule has 0 saturated heterocycles. The Balaban J connectivity index is 1.71. The molecule has 4 rings (SSSR count). The number of fused-ring (bicyclic) bond motifs is 1. The second kappa shape index (κ2) is 8.19. The van der Waals surface area contributed by atoms with Gasteiger partial charge in [0.25, 0.3) is 0 Å². The summed E-state index contributed by atoms with van der Waals surface area (Å²) in [6.07, 6.45) is 0.303. The Kier molecular flexibility index (Phi) is 5.44. The SMILES string of the molecule is Cc1cc2nnn(-c3ccc(OC(C)C)cc3)c2cc1-c1ccc(OC(C)C)cc1. The van der Waals surface area contributed by atoms with Crippen molar-refractivity contribution in [3.63, 3.8) is 0 Å². The van der Waals surface area contributed by atoms with Crippen LogP contribution in [0.4, 0.5) is 0 Å². The van der Waals surface area contributed by atoms with Gasteiger partial charge in [-0.25, -0.2) is 4.68 Å². The Labute approximate surface area is 177 Å². The molecule has 0 aliphatic carbocycles. The van der Waals surface area contributed by atoms with E-state index >= 15 is 0 Å². The zero-order valence-electron chi connectivity index (χ0n) is 18.1. The highest BCUT2D eigenvalue weighted by molar-refractivity contribution is 5.85. The fourth-order valence-corrected chi connectivity index (χ4v) is 3.50. The zero-order valence-corrected chi connectivity index (χ0v) is 18.1. The topological polar surface area (TPSA) is 49.2 Å². The lowest BCUT2D eigenvalue weighted by Gasteiger charge is -2.12. The molecule has 5 nitrogen and oxygen atoms in total. The molecule has 3 aromatic carbocycles. The monoisotopic (exact) mass is 401 g/mol. The molecular weight excluding hydrogens is 374 g/mol. The fraction of sp³-hybridized carbons (Fsp3) is 0.280. The number of aromatic nitrogens is 3. The van der Waals surface area contributed by atoms with Crippen LogP contribution in [0.25, 0.3) is 27.8 Å². The van der Waals surface area contributed by atoms with E-state index < -0.39 is 0 Å². The van der Waals surface area contributed by atoms with Crippen LogP contribution in [0.1, 0.15) is 33.3 Å². The maximum Gasteiger partial charge on any atom is 0.119 e. The van der Waals surface area contributed by atoms with Gasteiger partial charge in [0, 0.05) is 0 Å². The van der Waals surface area contributed by atoms with E-state index in [1.807, 2.05) is 68.8 Å². The molecule has 0 bridgehead atoms. The third kappa shape index (κ3) is 4.15. The van der Waals surface area contributed by atoms with Crippen LogP contribution < -0.4 is 9.47 Å². The predicted molar refractivity (Wildman–Crippen MR) is 121 cm³/mol. The van der Waals surface area contributed by atoms with Crippen LogP contribution in [0.15, 0.2) is 60.7 Å². The number of aryl methyl sites for hydroxylation is 1. The summed E-state index contributed by atoms with van der Waals surface area (Å²) >= 11 is 0. The highest BCUT2D eigenvalue weighted by Crippen LogP contribution is 2.30. The number of nitrogens with zero attached hydrogens (tertiary/aromatic N) is 3. The first-order valence-electron chi connectivity index (χ1n) is 10.3. The summed E-state index contributed by atoms with van der Waals surface area (Å²) in [6.45, 7) is 10.2. The fourth-order valence-electron chi connectivity index (χ4n) is 3.50. The minimum absolute atomic E-state index is 0.144. The Morgan fingerprint density at radius 2 is 1.33 bits per heavy atom. The second-order valence-electron chi connectivity index (χ2n) is 8.01. The summed E-state index contributed by atoms with van der Waals surface area (Å²) in [7, 11) is 0. The second-order valence-corrected chi connectivity index (χ2v) is 8.01. The lowest BCUT2D eigenvalue weighted by molar-refractivity contribution is 0.242. The van der Waals surface area contributed by atoms with Gasteiger partial charge >= 0.3 is 0 Å². The first kappa shape index (κ1) is 20.0. The maximum absolute atomic E-state index is 5.77. The van der Waals surface area contributed by atoms with Crippen molar-refractivity contribution in [1.29, 1.82) is 0 Å². The van der Waals surface area contributed by atoms with Gasteiger partial charge in [-0.2, -0.15) is 0 Å². The number of hydrogen-bond donors (Lipinski definition) is 0. The first-order valence-corrected chi connectivity index (χ1v) is 10.3. The summed E-state index contributed by atoms with van der Waals surface area (Å²) in [4.78, 5) is 0. The average molecular weight is 402 g/mol. The van der Waals surface area contributed by atoms with Crippen molar-refractivity contribution in [1.82, 2.24) is 15.0 Å². The van der Waals surface area contributed by atoms with Crippen LogP contribution in [-0.2, 0) is 0 Å². The van der Waals surface area contributed by atoms with E-state index in [2.05, 4.69) is 41.5 Å². The first-order chi connectivity index (χ1) is 14.4. The molecule has 0 spiro atoms. The van der Waals surface area contributed by atoms with Crippen LogP contribution in [0.5, 0.6) is 11.5 Å². The third-order valence-corrected chi connectivity index (χ3v) is 4.78. The molecule has 0 saturated carbocycles. The molecule has 0 N–H and O–H groups in total. The molecule has 0 aliphatic heterocycles. The summed E-state index contributed by atoms with van der Waals surface area (Å²) in [5.41, 5.74) is 6.24. The van der Waals surface area contributed by atoms with E-state index in [1.54, 1.807) is 0 Å². The van der Waals surface area contributed by atoms with Gasteiger partial charge in [0.15, 0.2) is 0 Å². The van der Waals surface area contributed by atoms with Gasteiger partial charge in [0.05, 0.1) is 23.4 Å². The quantitative estimate of drug-likeness (QED) is 0.399. The van der Waals surface area contributed by atoms with Crippen molar-refractivity contribution in [3.8, 4) is 28.3 Å². The molecule has 4 aromatic rings. The molecule has 30 heavy (non-hydrogen) atoms. The molecule has 0 amide bonds. The van der Waals surface area contributed by atoms with E-state index in [0.717, 1.165) is 44.9 Å². The highest BCUT2D eigenvalue weighted by Gasteiger charge is 2.12. The minimum Gasteiger partial charge on any atom is -0.491 e. The third-order valence-electron chi connectivity index (χ3n) is 4.78. The molecule has 1 aromatic heterocycles. The van der Waals surface area contributed by atoms with E-state index in [1.165, 1.54) is 0 Å². The lowest BCUT2D eigenvalue weighted by Crippen LogP contribution is -2.05. The van der Waals surface area contributed by atoms with Crippen molar-refractivity contribution in [3.05, 3.63) is 66.2 Å². The van der Waals surface area contributed by atoms with Crippen LogP contribution in [0.2, 0.25) is 0 Å². The molecule has 0 aliphatic rings. The van der Waals surface area contributed by atoms with E-state index in [9.17, 15) is 0 Å². The number of benzene rings is 3. The van der Waals surface area contributed by atoms with Crippen molar-refractivity contribution in [2.45, 2.75) is 46.8 Å². The summed E-state index contributed by atoms with van der Waals surface area (Å²) in [5, 5.41) is 8.75. The van der Waals surface area contributed by atoms with E-state index in [4.69, 9.17) is 9.47 Å². The van der Waals surface area contributed by atoms with Gasteiger partial charge in [0.1, 0.15) is 17.0 Å². The van der Waals surface area contributed by atoms with Crippen LogP contribution in [0.3, 0.4) is 0 Å². The van der Waals surface area contributed by atoms with Crippen molar-refractivity contribution in [2.75, 3.05) is 0 Å². The van der Waals surface area contributed by atoms with Crippen molar-refractivity contribution < 1.29 is 9.47 Å². The normalized spacial score (nSPS) is 11.4. The number of ether oxygens (including phenoxy) is 2. The molecule has 1 heterocycles. The van der Waals surface area contributed by atoms with Crippen LogP contribution in [-0.4, -0.2) is 27.2 Å². The smallest absolute Gasteiger partial charge is 0.119 e.